The first-order valence-electron chi connectivity index (χ1n) is 6.28. The lowest BCUT2D eigenvalue weighted by atomic mass is 10.1. The molecule has 0 aliphatic heterocycles. The highest BCUT2D eigenvalue weighted by molar-refractivity contribution is 5.92. The zero-order valence-electron chi connectivity index (χ0n) is 11.6. The molecule has 0 atom stereocenters. The van der Waals surface area contributed by atoms with Gasteiger partial charge >= 0.3 is 0 Å². The number of aromatic nitrogens is 1. The first-order chi connectivity index (χ1) is 8.60. The average molecular weight is 250 g/mol. The molecule has 0 fully saturated rings. The second-order valence-corrected chi connectivity index (χ2v) is 4.58. The van der Waals surface area contributed by atoms with Crippen LogP contribution in [-0.4, -0.2) is 12.3 Å². The molecule has 4 nitrogen and oxygen atoms in total. The summed E-state index contributed by atoms with van der Waals surface area (Å²) >= 11 is 0. The van der Waals surface area contributed by atoms with Crippen molar-refractivity contribution in [3.05, 3.63) is 18.2 Å². The second-order valence-electron chi connectivity index (χ2n) is 4.58. The molecule has 100 valence electrons. The van der Waals surface area contributed by atoms with Crippen molar-refractivity contribution in [1.29, 1.82) is 0 Å². The molecule has 0 unspecified atom stereocenters. The lowest BCUT2D eigenvalue weighted by Gasteiger charge is -1.98. The van der Waals surface area contributed by atoms with Crippen LogP contribution in [0.15, 0.2) is 22.7 Å². The predicted molar refractivity (Wildman–Crippen MR) is 74.7 cm³/mol. The monoisotopic (exact) mass is 250 g/mol. The normalized spacial score (nSPS) is 10.3. The summed E-state index contributed by atoms with van der Waals surface area (Å²) in [5, 5.41) is 4.36. The van der Waals surface area contributed by atoms with Crippen LogP contribution in [0, 0.1) is 5.92 Å². The van der Waals surface area contributed by atoms with E-state index in [1.165, 1.54) is 12.8 Å². The SMILES string of the molecule is CCCC(C)C.COc1cccc2onc(N)c12. The molecule has 1 aromatic heterocycles. The Hall–Kier alpha value is -1.71. The van der Waals surface area contributed by atoms with Gasteiger partial charge in [0.15, 0.2) is 11.4 Å². The van der Waals surface area contributed by atoms with E-state index in [4.69, 9.17) is 15.0 Å². The van der Waals surface area contributed by atoms with Crippen LogP contribution in [-0.2, 0) is 0 Å². The third-order valence-electron chi connectivity index (χ3n) is 2.57. The molecule has 2 N–H and O–H groups in total. The van der Waals surface area contributed by atoms with Crippen molar-refractivity contribution in [2.75, 3.05) is 12.8 Å². The lowest BCUT2D eigenvalue weighted by molar-refractivity contribution is 0.419. The maximum atomic E-state index is 5.57. The smallest absolute Gasteiger partial charge is 0.178 e. The second kappa shape index (κ2) is 6.89. The van der Waals surface area contributed by atoms with Crippen LogP contribution in [0.3, 0.4) is 0 Å². The molecule has 4 heteroatoms. The van der Waals surface area contributed by atoms with Gasteiger partial charge < -0.3 is 15.0 Å². The van der Waals surface area contributed by atoms with Crippen LogP contribution in [0.25, 0.3) is 11.0 Å². The number of hydrogen-bond acceptors (Lipinski definition) is 4. The van der Waals surface area contributed by atoms with E-state index in [2.05, 4.69) is 25.9 Å². The van der Waals surface area contributed by atoms with Crippen LogP contribution in [0.5, 0.6) is 5.75 Å². The number of anilines is 1. The largest absolute Gasteiger partial charge is 0.496 e. The number of ether oxygens (including phenoxy) is 1. The minimum atomic E-state index is 0.363. The van der Waals surface area contributed by atoms with Gasteiger partial charge in [0, 0.05) is 0 Å². The Morgan fingerprint density at radius 1 is 1.39 bits per heavy atom. The first-order valence-corrected chi connectivity index (χ1v) is 6.28. The average Bonchev–Trinajstić information content (AvgIpc) is 2.72. The molecule has 18 heavy (non-hydrogen) atoms. The summed E-state index contributed by atoms with van der Waals surface area (Å²) in [7, 11) is 1.58. The van der Waals surface area contributed by atoms with Crippen molar-refractivity contribution >= 4 is 16.8 Å². The van der Waals surface area contributed by atoms with Crippen molar-refractivity contribution in [2.45, 2.75) is 33.6 Å². The topological polar surface area (TPSA) is 61.3 Å². The van der Waals surface area contributed by atoms with Gasteiger partial charge in [-0.15, -0.1) is 0 Å². The summed E-state index contributed by atoms with van der Waals surface area (Å²) in [6, 6.07) is 5.43. The molecule has 0 aliphatic rings. The van der Waals surface area contributed by atoms with E-state index < -0.39 is 0 Å². The summed E-state index contributed by atoms with van der Waals surface area (Å²) < 4.78 is 10.0. The maximum Gasteiger partial charge on any atom is 0.178 e. The van der Waals surface area contributed by atoms with Gasteiger partial charge in [-0.3, -0.25) is 0 Å². The Bertz CT molecular complexity index is 478. The number of rotatable bonds is 3. The minimum absolute atomic E-state index is 0.363. The third kappa shape index (κ3) is 3.65. The van der Waals surface area contributed by atoms with Crippen molar-refractivity contribution in [2.24, 2.45) is 5.92 Å². The third-order valence-corrected chi connectivity index (χ3v) is 2.57. The van der Waals surface area contributed by atoms with Gasteiger partial charge in [0.2, 0.25) is 0 Å². The van der Waals surface area contributed by atoms with Gasteiger partial charge in [0.1, 0.15) is 11.1 Å². The Morgan fingerprint density at radius 2 is 2.11 bits per heavy atom. The summed E-state index contributed by atoms with van der Waals surface area (Å²) in [6.45, 7) is 6.73. The number of nitrogens with two attached hydrogens (primary N) is 1. The van der Waals surface area contributed by atoms with Crippen LogP contribution < -0.4 is 10.5 Å². The van der Waals surface area contributed by atoms with Gasteiger partial charge in [-0.2, -0.15) is 0 Å². The van der Waals surface area contributed by atoms with Gasteiger partial charge in [-0.1, -0.05) is 44.8 Å². The van der Waals surface area contributed by atoms with Crippen molar-refractivity contribution in [1.82, 2.24) is 5.16 Å². The number of hydrogen-bond donors (Lipinski definition) is 1. The molecule has 0 radical (unpaired) electrons. The Kier molecular flexibility index (Phi) is 5.49. The van der Waals surface area contributed by atoms with Gasteiger partial charge in [-0.25, -0.2) is 0 Å². The van der Waals surface area contributed by atoms with Crippen molar-refractivity contribution < 1.29 is 9.26 Å². The van der Waals surface area contributed by atoms with Crippen LogP contribution >= 0.6 is 0 Å². The van der Waals surface area contributed by atoms with Gasteiger partial charge in [0.05, 0.1) is 7.11 Å². The van der Waals surface area contributed by atoms with Gasteiger partial charge in [0.25, 0.3) is 0 Å². The quantitative estimate of drug-likeness (QED) is 0.898. The number of nitrogens with zero attached hydrogens (tertiary/aromatic N) is 1. The van der Waals surface area contributed by atoms with Crippen molar-refractivity contribution in [3.8, 4) is 5.75 Å². The van der Waals surface area contributed by atoms with E-state index in [1.54, 1.807) is 13.2 Å². The molecule has 0 saturated heterocycles. The Labute approximate surface area is 108 Å². The molecule has 2 rings (SSSR count). The number of nitrogen functional groups attached to an aromatic ring is 1. The van der Waals surface area contributed by atoms with E-state index >= 15 is 0 Å². The van der Waals surface area contributed by atoms with Crippen LogP contribution in [0.1, 0.15) is 33.6 Å². The highest BCUT2D eigenvalue weighted by atomic mass is 16.5. The molecule has 1 aromatic carbocycles. The molecule has 2 aromatic rings. The molecule has 0 bridgehead atoms. The molecule has 0 saturated carbocycles. The number of benzene rings is 1. The number of fused-ring (bicyclic) bond motifs is 1. The van der Waals surface area contributed by atoms with Crippen LogP contribution in [0.4, 0.5) is 5.82 Å². The van der Waals surface area contributed by atoms with Crippen LogP contribution in [0.2, 0.25) is 0 Å². The first kappa shape index (κ1) is 14.4. The van der Waals surface area contributed by atoms with E-state index in [1.807, 2.05) is 12.1 Å². The summed E-state index contributed by atoms with van der Waals surface area (Å²) in [5.74, 6) is 1.95. The van der Waals surface area contributed by atoms with E-state index in [-0.39, 0.29) is 0 Å². The van der Waals surface area contributed by atoms with E-state index in [0.717, 1.165) is 11.3 Å². The highest BCUT2D eigenvalue weighted by Crippen LogP contribution is 2.29. The number of methoxy groups -OCH3 is 1. The summed E-state index contributed by atoms with van der Waals surface area (Å²) in [6.07, 6.45) is 2.71. The van der Waals surface area contributed by atoms with E-state index in [9.17, 15) is 0 Å². The predicted octanol–water partition coefficient (Wildman–Crippen LogP) is 3.86. The standard InChI is InChI=1S/C8H8N2O2.C6H14/c1-11-5-3-2-4-6-7(5)8(9)10-12-6;1-4-5-6(2)3/h2-4H,1H3,(H2,9,10);6H,4-5H2,1-3H3. The fourth-order valence-corrected chi connectivity index (χ4v) is 1.73. The van der Waals surface area contributed by atoms with Crippen molar-refractivity contribution in [3.63, 3.8) is 0 Å². The maximum absolute atomic E-state index is 5.57. The summed E-state index contributed by atoms with van der Waals surface area (Å²) in [4.78, 5) is 0. The lowest BCUT2D eigenvalue weighted by Crippen LogP contribution is -1.87. The zero-order chi connectivity index (χ0) is 13.5. The molecule has 0 amide bonds. The van der Waals surface area contributed by atoms with Gasteiger partial charge in [-0.05, 0) is 18.1 Å². The fourth-order valence-electron chi connectivity index (χ4n) is 1.73. The zero-order valence-corrected chi connectivity index (χ0v) is 11.6. The Morgan fingerprint density at radius 3 is 2.61 bits per heavy atom. The molecule has 0 spiro atoms. The minimum Gasteiger partial charge on any atom is -0.496 e. The highest BCUT2D eigenvalue weighted by Gasteiger charge is 2.09. The molecular weight excluding hydrogens is 228 g/mol. The fraction of sp³-hybridized carbons (Fsp3) is 0.500. The summed E-state index contributed by atoms with van der Waals surface area (Å²) in [5.41, 5.74) is 6.21. The molecule has 1 heterocycles. The Balaban J connectivity index is 0.000000232. The molecule has 0 aliphatic carbocycles. The molecular formula is C14H22N2O2. The van der Waals surface area contributed by atoms with E-state index in [0.29, 0.717) is 17.2 Å².